The summed E-state index contributed by atoms with van der Waals surface area (Å²) in [4.78, 5) is 13.2. The topological polar surface area (TPSA) is 66.5 Å². The third-order valence-electron chi connectivity index (χ3n) is 5.79. The molecular weight excluding hydrogens is 432 g/mol. The van der Waals surface area contributed by atoms with Gasteiger partial charge in [0.2, 0.25) is 5.91 Å². The summed E-state index contributed by atoms with van der Waals surface area (Å²) in [5.41, 5.74) is 5.67. The molecule has 0 unspecified atom stereocenters. The number of aryl methyl sites for hydroxylation is 4. The maximum absolute atomic E-state index is 13.5. The van der Waals surface area contributed by atoms with Crippen LogP contribution >= 0.6 is 0 Å². The third-order valence-corrected chi connectivity index (χ3v) is 7.56. The van der Waals surface area contributed by atoms with E-state index in [1.165, 1.54) is 15.4 Å². The van der Waals surface area contributed by atoms with Crippen LogP contribution in [0.25, 0.3) is 0 Å². The summed E-state index contributed by atoms with van der Waals surface area (Å²) in [6.45, 7) is 8.01. The zero-order chi connectivity index (χ0) is 24.0. The third kappa shape index (κ3) is 5.82. The Morgan fingerprint density at radius 2 is 1.61 bits per heavy atom. The normalized spacial score (nSPS) is 11.3. The number of rotatable bonds is 9. The lowest BCUT2D eigenvalue weighted by Gasteiger charge is -2.26. The summed E-state index contributed by atoms with van der Waals surface area (Å²) >= 11 is 0. The lowest BCUT2D eigenvalue weighted by Crippen LogP contribution is -2.41. The number of hydrogen-bond acceptors (Lipinski definition) is 3. The van der Waals surface area contributed by atoms with Crippen molar-refractivity contribution in [2.45, 2.75) is 52.0 Å². The molecule has 3 aromatic carbocycles. The van der Waals surface area contributed by atoms with E-state index < -0.39 is 10.0 Å². The van der Waals surface area contributed by atoms with Crippen molar-refractivity contribution in [3.63, 3.8) is 0 Å². The Morgan fingerprint density at radius 3 is 2.27 bits per heavy atom. The van der Waals surface area contributed by atoms with E-state index in [-0.39, 0.29) is 17.3 Å². The summed E-state index contributed by atoms with van der Waals surface area (Å²) in [7, 11) is -3.92. The first-order chi connectivity index (χ1) is 15.8. The molecule has 5 nitrogen and oxygen atoms in total. The van der Waals surface area contributed by atoms with Crippen LogP contribution in [0.1, 0.15) is 41.7 Å². The Morgan fingerprint density at radius 1 is 0.879 bits per heavy atom. The van der Waals surface area contributed by atoms with Gasteiger partial charge in [0.15, 0.2) is 0 Å². The number of benzene rings is 3. The van der Waals surface area contributed by atoms with Crippen molar-refractivity contribution in [2.24, 2.45) is 0 Å². The molecule has 0 aliphatic rings. The Kier molecular flexibility index (Phi) is 7.92. The highest BCUT2D eigenvalue weighted by atomic mass is 32.2. The highest BCUT2D eigenvalue weighted by Crippen LogP contribution is 2.27. The van der Waals surface area contributed by atoms with Crippen molar-refractivity contribution in [1.82, 2.24) is 5.32 Å². The molecule has 33 heavy (non-hydrogen) atoms. The van der Waals surface area contributed by atoms with E-state index in [4.69, 9.17) is 0 Å². The first-order valence-electron chi connectivity index (χ1n) is 11.3. The second kappa shape index (κ2) is 10.7. The van der Waals surface area contributed by atoms with E-state index in [1.807, 2.05) is 32.0 Å². The molecule has 1 N–H and O–H groups in total. The minimum absolute atomic E-state index is 0.155. The van der Waals surface area contributed by atoms with Crippen molar-refractivity contribution < 1.29 is 13.2 Å². The van der Waals surface area contributed by atoms with Crippen LogP contribution in [0.3, 0.4) is 0 Å². The quantitative estimate of drug-likeness (QED) is 0.488. The molecule has 0 bridgehead atoms. The number of carbonyl (C=O) groups is 1. The van der Waals surface area contributed by atoms with Gasteiger partial charge in [-0.2, -0.15) is 0 Å². The van der Waals surface area contributed by atoms with Crippen LogP contribution in [-0.2, 0) is 34.2 Å². The van der Waals surface area contributed by atoms with E-state index >= 15 is 0 Å². The van der Waals surface area contributed by atoms with Crippen LogP contribution in [-0.4, -0.2) is 20.9 Å². The molecule has 0 saturated carbocycles. The highest BCUT2D eigenvalue weighted by Gasteiger charge is 2.28. The number of amides is 1. The molecule has 0 radical (unpaired) electrons. The Balaban J connectivity index is 1.90. The average Bonchev–Trinajstić information content (AvgIpc) is 2.83. The van der Waals surface area contributed by atoms with Gasteiger partial charge < -0.3 is 5.32 Å². The van der Waals surface area contributed by atoms with Crippen molar-refractivity contribution >= 4 is 21.6 Å². The predicted octanol–water partition coefficient (Wildman–Crippen LogP) is 4.94. The molecular formula is C27H32N2O3S. The Labute approximate surface area is 197 Å². The van der Waals surface area contributed by atoms with Crippen LogP contribution in [0.4, 0.5) is 5.69 Å². The predicted molar refractivity (Wildman–Crippen MR) is 134 cm³/mol. The number of nitrogens with one attached hydrogen (secondary N) is 1. The Bertz CT molecular complexity index is 1220. The largest absolute Gasteiger partial charge is 0.350 e. The van der Waals surface area contributed by atoms with E-state index in [0.717, 1.165) is 29.5 Å². The SMILES string of the molecule is CCc1ccc(CC)c(CNC(=O)CN(c2cc(C)ccc2C)S(=O)(=O)c2ccccc2)c1. The zero-order valence-corrected chi connectivity index (χ0v) is 20.6. The minimum atomic E-state index is -3.92. The zero-order valence-electron chi connectivity index (χ0n) is 19.8. The molecule has 3 rings (SSSR count). The lowest BCUT2D eigenvalue weighted by molar-refractivity contribution is -0.119. The number of hydrogen-bond donors (Lipinski definition) is 1. The molecule has 0 spiro atoms. The summed E-state index contributed by atoms with van der Waals surface area (Å²) in [5, 5.41) is 2.94. The van der Waals surface area contributed by atoms with Gasteiger partial charge in [-0.05, 0) is 72.7 Å². The second-order valence-electron chi connectivity index (χ2n) is 8.20. The minimum Gasteiger partial charge on any atom is -0.350 e. The van der Waals surface area contributed by atoms with Crippen LogP contribution < -0.4 is 9.62 Å². The van der Waals surface area contributed by atoms with Crippen molar-refractivity contribution in [1.29, 1.82) is 0 Å². The van der Waals surface area contributed by atoms with Crippen LogP contribution in [0.2, 0.25) is 0 Å². The van der Waals surface area contributed by atoms with E-state index in [0.29, 0.717) is 12.2 Å². The van der Waals surface area contributed by atoms with Gasteiger partial charge in [-0.1, -0.05) is 62.4 Å². The van der Waals surface area contributed by atoms with Gasteiger partial charge in [-0.25, -0.2) is 8.42 Å². The van der Waals surface area contributed by atoms with E-state index in [2.05, 4.69) is 37.4 Å². The molecule has 0 aliphatic carbocycles. The van der Waals surface area contributed by atoms with Gasteiger partial charge in [0, 0.05) is 6.54 Å². The van der Waals surface area contributed by atoms with Gasteiger partial charge in [-0.15, -0.1) is 0 Å². The van der Waals surface area contributed by atoms with Gasteiger partial charge in [0.1, 0.15) is 6.54 Å². The second-order valence-corrected chi connectivity index (χ2v) is 10.1. The van der Waals surface area contributed by atoms with Crippen LogP contribution in [0.5, 0.6) is 0 Å². The molecule has 0 aliphatic heterocycles. The molecule has 0 atom stereocenters. The molecule has 6 heteroatoms. The summed E-state index contributed by atoms with van der Waals surface area (Å²) in [5.74, 6) is -0.348. The van der Waals surface area contributed by atoms with Gasteiger partial charge in [-0.3, -0.25) is 9.10 Å². The average molecular weight is 465 g/mol. The molecule has 0 saturated heterocycles. The van der Waals surface area contributed by atoms with Gasteiger partial charge in [0.05, 0.1) is 10.6 Å². The van der Waals surface area contributed by atoms with Crippen molar-refractivity contribution in [2.75, 3.05) is 10.8 Å². The molecule has 0 aromatic heterocycles. The summed E-state index contributed by atoms with van der Waals surface area (Å²) in [6, 6.07) is 20.2. The monoisotopic (exact) mass is 464 g/mol. The van der Waals surface area contributed by atoms with Crippen molar-refractivity contribution in [3.05, 3.63) is 94.5 Å². The highest BCUT2D eigenvalue weighted by molar-refractivity contribution is 7.92. The van der Waals surface area contributed by atoms with Crippen LogP contribution in [0, 0.1) is 13.8 Å². The fraction of sp³-hybridized carbons (Fsp3) is 0.296. The maximum Gasteiger partial charge on any atom is 0.264 e. The number of anilines is 1. The van der Waals surface area contributed by atoms with E-state index in [1.54, 1.807) is 30.3 Å². The summed E-state index contributed by atoms with van der Waals surface area (Å²) in [6.07, 6.45) is 1.78. The van der Waals surface area contributed by atoms with Crippen LogP contribution in [0.15, 0.2) is 71.6 Å². The van der Waals surface area contributed by atoms with Gasteiger partial charge in [0.25, 0.3) is 10.0 Å². The molecule has 3 aromatic rings. The lowest BCUT2D eigenvalue weighted by atomic mass is 10.0. The first-order valence-corrected chi connectivity index (χ1v) is 12.7. The molecule has 174 valence electrons. The smallest absolute Gasteiger partial charge is 0.264 e. The fourth-order valence-corrected chi connectivity index (χ4v) is 5.29. The van der Waals surface area contributed by atoms with Crippen molar-refractivity contribution in [3.8, 4) is 0 Å². The number of sulfonamides is 1. The van der Waals surface area contributed by atoms with E-state index in [9.17, 15) is 13.2 Å². The van der Waals surface area contributed by atoms with Gasteiger partial charge >= 0.3 is 0 Å². The number of carbonyl (C=O) groups excluding carboxylic acids is 1. The molecule has 1 amide bonds. The first kappa shape index (κ1) is 24.5. The molecule has 0 fully saturated rings. The molecule has 0 heterocycles. The standard InChI is InChI=1S/C27H32N2O3S/c1-5-22-14-15-23(6-2)24(17-22)18-28-27(30)19-29(26-16-20(3)12-13-21(26)4)33(31,32)25-10-8-7-9-11-25/h7-17H,5-6,18-19H2,1-4H3,(H,28,30). The summed E-state index contributed by atoms with van der Waals surface area (Å²) < 4.78 is 28.3. The Hall–Kier alpha value is -3.12. The number of nitrogens with zero attached hydrogens (tertiary/aromatic N) is 1. The fourth-order valence-electron chi connectivity index (χ4n) is 3.80. The maximum atomic E-state index is 13.5.